The van der Waals surface area contributed by atoms with E-state index in [1.807, 2.05) is 0 Å². The number of aromatic nitrogens is 1. The molecule has 4 rings (SSSR count). The highest BCUT2D eigenvalue weighted by Crippen LogP contribution is 2.40. The summed E-state index contributed by atoms with van der Waals surface area (Å²) in [6.45, 7) is 1.58. The van der Waals surface area contributed by atoms with Crippen LogP contribution in [0.4, 0.5) is 18.9 Å². The first kappa shape index (κ1) is 28.9. The van der Waals surface area contributed by atoms with Gasteiger partial charge in [-0.05, 0) is 74.3 Å². The van der Waals surface area contributed by atoms with Crippen molar-refractivity contribution in [2.75, 3.05) is 12.0 Å². The molecule has 1 aromatic heterocycles. The number of esters is 1. The van der Waals surface area contributed by atoms with Gasteiger partial charge in [0.25, 0.3) is 0 Å². The average molecular weight is 549 g/mol. The van der Waals surface area contributed by atoms with Gasteiger partial charge in [0.2, 0.25) is 11.8 Å². The molecule has 0 saturated heterocycles. The molecule has 2 aromatic rings. The number of nitrogens with zero attached hydrogens (tertiary/aromatic N) is 2. The zero-order valence-electron chi connectivity index (χ0n) is 22.3. The molecule has 2 fully saturated rings. The van der Waals surface area contributed by atoms with E-state index in [2.05, 4.69) is 11.9 Å². The molecule has 2 saturated carbocycles. The molecular weight excluding hydrogens is 513 g/mol. The molecule has 39 heavy (non-hydrogen) atoms. The van der Waals surface area contributed by atoms with Gasteiger partial charge in [-0.1, -0.05) is 26.2 Å². The molecule has 2 aliphatic rings. The first-order chi connectivity index (χ1) is 18.6. The van der Waals surface area contributed by atoms with Crippen molar-refractivity contribution in [1.82, 2.24) is 4.98 Å². The second kappa shape index (κ2) is 12.4. The number of aliphatic hydroxyl groups excluding tert-OH is 1. The summed E-state index contributed by atoms with van der Waals surface area (Å²) < 4.78 is 51.6. The number of halogens is 3. The number of anilines is 1. The highest BCUT2D eigenvalue weighted by Gasteiger charge is 2.37. The van der Waals surface area contributed by atoms with Crippen LogP contribution in [-0.2, 0) is 22.3 Å². The number of hydrogen-bond acceptors (Lipinski definition) is 6. The molecule has 1 amide bonds. The lowest BCUT2D eigenvalue weighted by molar-refractivity contribution is -0.139. The Hall–Kier alpha value is -3.14. The summed E-state index contributed by atoms with van der Waals surface area (Å²) in [4.78, 5) is 32.4. The standard InChI is InChI=1S/C29H35F3N2O5/c1-18-8-10-20(11-9-18)27(36)34(21-6-4-3-5-7-21)25-13-12-22(15-23(25)28(37)38-2)39-26-24(29(30,31)32)14-19(17-35)16-33-26/h12-16,18,20-21,35H,3-11,17H2,1-2H3. The largest absolute Gasteiger partial charge is 0.465 e. The van der Waals surface area contributed by atoms with Gasteiger partial charge in [0.05, 0.1) is 25.0 Å². The van der Waals surface area contributed by atoms with Crippen LogP contribution in [0.25, 0.3) is 0 Å². The predicted octanol–water partition coefficient (Wildman–Crippen LogP) is 6.66. The van der Waals surface area contributed by atoms with E-state index in [-0.39, 0.29) is 34.7 Å². The maximum Gasteiger partial charge on any atom is 0.421 e. The zero-order chi connectivity index (χ0) is 28.2. The lowest BCUT2D eigenvalue weighted by atomic mass is 9.81. The molecule has 0 unspecified atom stereocenters. The highest BCUT2D eigenvalue weighted by atomic mass is 19.4. The third kappa shape index (κ3) is 6.72. The van der Waals surface area contributed by atoms with Crippen LogP contribution in [0, 0.1) is 11.8 Å². The van der Waals surface area contributed by atoms with Gasteiger partial charge < -0.3 is 19.5 Å². The SMILES string of the molecule is COC(=O)c1cc(Oc2ncc(CO)cc2C(F)(F)F)ccc1N(C(=O)C1CCC(C)CC1)C1CCCCC1. The fourth-order valence-electron chi connectivity index (χ4n) is 5.58. The number of hydrogen-bond donors (Lipinski definition) is 1. The third-order valence-electron chi connectivity index (χ3n) is 7.79. The summed E-state index contributed by atoms with van der Waals surface area (Å²) in [6, 6.07) is 4.98. The van der Waals surface area contributed by atoms with E-state index in [0.29, 0.717) is 11.6 Å². The summed E-state index contributed by atoms with van der Waals surface area (Å²) in [6.07, 6.45) is 4.47. The molecule has 0 radical (unpaired) electrons. The molecule has 1 N–H and O–H groups in total. The Kier molecular flexibility index (Phi) is 9.15. The lowest BCUT2D eigenvalue weighted by Crippen LogP contribution is -2.46. The number of rotatable bonds is 7. The molecule has 0 aliphatic heterocycles. The van der Waals surface area contributed by atoms with Crippen molar-refractivity contribution < 1.29 is 37.3 Å². The highest BCUT2D eigenvalue weighted by molar-refractivity contribution is 6.04. The number of carbonyl (C=O) groups excluding carboxylic acids is 2. The second-order valence-corrected chi connectivity index (χ2v) is 10.6. The van der Waals surface area contributed by atoms with E-state index >= 15 is 0 Å². The van der Waals surface area contributed by atoms with Crippen LogP contribution < -0.4 is 9.64 Å². The van der Waals surface area contributed by atoms with E-state index in [4.69, 9.17) is 9.47 Å². The normalized spacial score (nSPS) is 20.4. The van der Waals surface area contributed by atoms with Gasteiger partial charge in [0.1, 0.15) is 11.3 Å². The molecule has 7 nitrogen and oxygen atoms in total. The van der Waals surface area contributed by atoms with Gasteiger partial charge in [-0.25, -0.2) is 9.78 Å². The fourth-order valence-corrected chi connectivity index (χ4v) is 5.58. The van der Waals surface area contributed by atoms with Crippen molar-refractivity contribution in [2.45, 2.75) is 83.5 Å². The summed E-state index contributed by atoms with van der Waals surface area (Å²) in [5.41, 5.74) is -0.745. The Labute approximate surface area is 226 Å². The number of ether oxygens (including phenoxy) is 2. The van der Waals surface area contributed by atoms with E-state index < -0.39 is 30.2 Å². The van der Waals surface area contributed by atoms with Crippen molar-refractivity contribution in [3.8, 4) is 11.6 Å². The van der Waals surface area contributed by atoms with Crippen LogP contribution >= 0.6 is 0 Å². The van der Waals surface area contributed by atoms with Crippen LogP contribution in [0.1, 0.15) is 86.2 Å². The van der Waals surface area contributed by atoms with Gasteiger partial charge in [-0.2, -0.15) is 13.2 Å². The van der Waals surface area contributed by atoms with Gasteiger partial charge in [0, 0.05) is 18.2 Å². The topological polar surface area (TPSA) is 89.0 Å². The van der Waals surface area contributed by atoms with Crippen LogP contribution in [0.15, 0.2) is 30.5 Å². The zero-order valence-corrected chi connectivity index (χ0v) is 22.3. The number of benzene rings is 1. The van der Waals surface area contributed by atoms with E-state index in [9.17, 15) is 27.9 Å². The van der Waals surface area contributed by atoms with Gasteiger partial charge in [-0.3, -0.25) is 4.79 Å². The van der Waals surface area contributed by atoms with Gasteiger partial charge >= 0.3 is 12.1 Å². The lowest BCUT2D eigenvalue weighted by Gasteiger charge is -2.38. The van der Waals surface area contributed by atoms with Crippen LogP contribution in [0.2, 0.25) is 0 Å². The molecule has 1 aromatic carbocycles. The smallest absolute Gasteiger partial charge is 0.421 e. The molecule has 0 atom stereocenters. The van der Waals surface area contributed by atoms with Gasteiger partial charge in [0.15, 0.2) is 0 Å². The minimum absolute atomic E-state index is 0.0148. The molecular formula is C29H35F3N2O5. The van der Waals surface area contributed by atoms with Crippen molar-refractivity contribution in [3.63, 3.8) is 0 Å². The predicted molar refractivity (Wildman–Crippen MR) is 138 cm³/mol. The monoisotopic (exact) mass is 548 g/mol. The maximum atomic E-state index is 13.9. The van der Waals surface area contributed by atoms with Crippen molar-refractivity contribution in [3.05, 3.63) is 47.2 Å². The van der Waals surface area contributed by atoms with Crippen LogP contribution in [-0.4, -0.2) is 35.1 Å². The summed E-state index contributed by atoms with van der Waals surface area (Å²) in [5.74, 6) is -1.08. The van der Waals surface area contributed by atoms with E-state index in [1.165, 1.54) is 19.2 Å². The minimum atomic E-state index is -4.78. The Morgan fingerprint density at radius 2 is 1.74 bits per heavy atom. The molecule has 1 heterocycles. The van der Waals surface area contributed by atoms with Crippen LogP contribution in [0.3, 0.4) is 0 Å². The molecule has 0 spiro atoms. The number of amides is 1. The van der Waals surface area contributed by atoms with E-state index in [1.54, 1.807) is 11.0 Å². The van der Waals surface area contributed by atoms with Gasteiger partial charge in [-0.15, -0.1) is 0 Å². The van der Waals surface area contributed by atoms with Crippen molar-refractivity contribution in [1.29, 1.82) is 0 Å². The van der Waals surface area contributed by atoms with E-state index in [0.717, 1.165) is 70.1 Å². The van der Waals surface area contributed by atoms with Crippen LogP contribution in [0.5, 0.6) is 11.6 Å². The Morgan fingerprint density at radius 3 is 2.36 bits per heavy atom. The summed E-state index contributed by atoms with van der Waals surface area (Å²) >= 11 is 0. The van der Waals surface area contributed by atoms with Crippen molar-refractivity contribution in [2.24, 2.45) is 11.8 Å². The number of methoxy groups -OCH3 is 1. The Bertz CT molecular complexity index is 1170. The second-order valence-electron chi connectivity index (χ2n) is 10.6. The third-order valence-corrected chi connectivity index (χ3v) is 7.79. The molecule has 0 bridgehead atoms. The van der Waals surface area contributed by atoms with Crippen molar-refractivity contribution >= 4 is 17.6 Å². The first-order valence-electron chi connectivity index (χ1n) is 13.5. The number of alkyl halides is 3. The molecule has 212 valence electrons. The Morgan fingerprint density at radius 1 is 1.05 bits per heavy atom. The Balaban J connectivity index is 1.73. The summed E-state index contributed by atoms with van der Waals surface area (Å²) in [7, 11) is 1.21. The molecule has 2 aliphatic carbocycles. The number of carbonyl (C=O) groups is 2. The number of pyridine rings is 1. The first-order valence-corrected chi connectivity index (χ1v) is 13.5. The quantitative estimate of drug-likeness (QED) is 0.389. The summed E-state index contributed by atoms with van der Waals surface area (Å²) in [5, 5.41) is 9.24. The average Bonchev–Trinajstić information content (AvgIpc) is 2.94. The maximum absolute atomic E-state index is 13.9. The minimum Gasteiger partial charge on any atom is -0.465 e. The fraction of sp³-hybridized carbons (Fsp3) is 0.552. The molecule has 10 heteroatoms. The number of aliphatic hydroxyl groups is 1.